The van der Waals surface area contributed by atoms with Crippen LogP contribution in [0.4, 0.5) is 26.3 Å². The monoisotopic (exact) mass is 436 g/mol. The van der Waals surface area contributed by atoms with Crippen LogP contribution in [0.1, 0.15) is 29.5 Å². The topological polar surface area (TPSA) is 73.1 Å². The van der Waals surface area contributed by atoms with E-state index in [1.807, 2.05) is 0 Å². The van der Waals surface area contributed by atoms with Gasteiger partial charge in [-0.2, -0.15) is 26.3 Å². The van der Waals surface area contributed by atoms with Gasteiger partial charge >= 0.3 is 12.4 Å². The summed E-state index contributed by atoms with van der Waals surface area (Å²) in [5.41, 5.74) is 0.0639. The number of hydrogen-bond acceptors (Lipinski definition) is 3. The Kier molecular flexibility index (Phi) is 5.24. The Morgan fingerprint density at radius 2 is 1.38 bits per heavy atom. The van der Waals surface area contributed by atoms with Gasteiger partial charge in [0.25, 0.3) is 10.0 Å². The molecule has 156 valence electrons. The number of primary sulfonamides is 1. The maximum Gasteiger partial charge on any atom is 0.416 e. The lowest BCUT2D eigenvalue weighted by Crippen LogP contribution is -2.20. The third-order valence-electron chi connectivity index (χ3n) is 4.67. The van der Waals surface area contributed by atoms with Crippen molar-refractivity contribution in [3.63, 3.8) is 0 Å². The van der Waals surface area contributed by atoms with Crippen LogP contribution >= 0.6 is 0 Å². The molecule has 0 spiro atoms. The zero-order valence-electron chi connectivity index (χ0n) is 14.6. The molecule has 0 bridgehead atoms. The van der Waals surface area contributed by atoms with Crippen LogP contribution in [-0.4, -0.2) is 19.6 Å². The van der Waals surface area contributed by atoms with Crippen LogP contribution in [0.5, 0.6) is 0 Å². The van der Waals surface area contributed by atoms with Gasteiger partial charge in [-0.3, -0.25) is 0 Å². The van der Waals surface area contributed by atoms with E-state index in [9.17, 15) is 34.8 Å². The minimum atomic E-state index is -4.56. The van der Waals surface area contributed by atoms with Crippen LogP contribution in [0.2, 0.25) is 0 Å². The Morgan fingerprint density at radius 1 is 0.862 bits per heavy atom. The van der Waals surface area contributed by atoms with E-state index in [1.54, 1.807) is 0 Å². The number of benzene rings is 1. The molecule has 0 fully saturated rings. The van der Waals surface area contributed by atoms with E-state index in [2.05, 4.69) is 4.98 Å². The Bertz CT molecular complexity index is 1040. The molecule has 2 N–H and O–H groups in total. The van der Waals surface area contributed by atoms with Gasteiger partial charge in [0.2, 0.25) is 0 Å². The first-order chi connectivity index (χ1) is 13.3. The first-order valence-electron chi connectivity index (χ1n) is 8.22. The smallest absolute Gasteiger partial charge is 0.243 e. The van der Waals surface area contributed by atoms with E-state index in [4.69, 9.17) is 5.14 Å². The summed E-state index contributed by atoms with van der Waals surface area (Å²) in [6, 6.07) is 6.23. The van der Waals surface area contributed by atoms with Crippen molar-refractivity contribution >= 4 is 21.2 Å². The average Bonchev–Trinajstić information content (AvgIpc) is 3.06. The fraction of sp³-hybridized carbons (Fsp3) is 0.278. The minimum Gasteiger partial charge on any atom is -0.243 e. The summed E-state index contributed by atoms with van der Waals surface area (Å²) in [6.45, 7) is 0. The predicted molar refractivity (Wildman–Crippen MR) is 92.6 cm³/mol. The first kappa shape index (κ1) is 21.3. The summed E-state index contributed by atoms with van der Waals surface area (Å²) in [5, 5.41) is 4.52. The van der Waals surface area contributed by atoms with E-state index in [0.717, 1.165) is 36.5 Å². The van der Waals surface area contributed by atoms with Crippen molar-refractivity contribution < 1.29 is 34.8 Å². The first-order valence-corrected chi connectivity index (χ1v) is 9.77. The molecule has 1 aromatic carbocycles. The summed E-state index contributed by atoms with van der Waals surface area (Å²) in [5.74, 6) is -1.70. The Morgan fingerprint density at radius 3 is 1.79 bits per heavy atom. The summed E-state index contributed by atoms with van der Waals surface area (Å²) < 4.78 is 101. The number of aromatic nitrogens is 1. The molecule has 4 nitrogen and oxygen atoms in total. The number of alkyl halides is 6. The number of allylic oxidation sites excluding steroid dienone is 2. The molecule has 1 atom stereocenters. The second-order valence-electron chi connectivity index (χ2n) is 6.61. The van der Waals surface area contributed by atoms with Crippen molar-refractivity contribution in [3.8, 4) is 0 Å². The lowest BCUT2D eigenvalue weighted by atomic mass is 9.97. The van der Waals surface area contributed by atoms with Crippen molar-refractivity contribution in [1.29, 1.82) is 0 Å². The number of rotatable bonds is 3. The fourth-order valence-electron chi connectivity index (χ4n) is 3.21. The van der Waals surface area contributed by atoms with Gasteiger partial charge in [0.15, 0.2) is 5.03 Å². The van der Waals surface area contributed by atoms with E-state index >= 15 is 0 Å². The van der Waals surface area contributed by atoms with Crippen LogP contribution in [0.3, 0.4) is 0 Å². The molecule has 1 heterocycles. The van der Waals surface area contributed by atoms with Crippen LogP contribution < -0.4 is 5.14 Å². The quantitative estimate of drug-likeness (QED) is 0.713. The fourth-order valence-corrected chi connectivity index (χ4v) is 3.67. The second-order valence-corrected chi connectivity index (χ2v) is 8.12. The highest BCUT2D eigenvalue weighted by atomic mass is 32.2. The molecule has 0 amide bonds. The number of sulfonamides is 1. The normalized spacial score (nSPS) is 18.4. The number of nitrogens with two attached hydrogens (primary N) is 1. The van der Waals surface area contributed by atoms with Crippen LogP contribution in [0, 0.1) is 5.92 Å². The number of hydrogen-bond donors (Lipinski definition) is 1. The SMILES string of the molecule is NS(=O)(=O)c1ccc(C2=C(c3ccc(C(F)(F)F)cc3)CC(C(F)(F)F)C2)cn1. The van der Waals surface area contributed by atoms with Crippen molar-refractivity contribution in [3.05, 3.63) is 59.3 Å². The summed E-state index contributed by atoms with van der Waals surface area (Å²) in [6.07, 6.45) is -8.75. The maximum atomic E-state index is 13.3. The average molecular weight is 436 g/mol. The van der Waals surface area contributed by atoms with Gasteiger partial charge < -0.3 is 0 Å². The van der Waals surface area contributed by atoms with Gasteiger partial charge in [-0.05, 0) is 53.3 Å². The number of halogens is 6. The van der Waals surface area contributed by atoms with Gasteiger partial charge in [0.05, 0.1) is 11.5 Å². The molecule has 29 heavy (non-hydrogen) atoms. The molecule has 0 aliphatic heterocycles. The molecular weight excluding hydrogens is 422 g/mol. The third kappa shape index (κ3) is 4.61. The standard InChI is InChI=1S/C18H14F6N2O2S/c19-17(20,21)12-4-1-10(2-5-12)14-7-13(18(22,23)24)8-15(14)11-3-6-16(26-9-11)29(25,27)28/h1-6,9,13H,7-8H2,(H2,25,27,28). The zero-order chi connectivity index (χ0) is 21.6. The molecule has 3 rings (SSSR count). The predicted octanol–water partition coefficient (Wildman–Crippen LogP) is 4.63. The molecule has 1 aliphatic carbocycles. The van der Waals surface area contributed by atoms with Gasteiger partial charge in [-0.1, -0.05) is 18.2 Å². The summed E-state index contributed by atoms with van der Waals surface area (Å²) >= 11 is 0. The molecule has 11 heteroatoms. The lowest BCUT2D eigenvalue weighted by Gasteiger charge is -2.14. The Hall–Kier alpha value is -2.40. The lowest BCUT2D eigenvalue weighted by molar-refractivity contribution is -0.170. The number of nitrogens with zero attached hydrogens (tertiary/aromatic N) is 1. The van der Waals surface area contributed by atoms with Crippen molar-refractivity contribution in [2.75, 3.05) is 0 Å². The molecule has 0 radical (unpaired) electrons. The molecule has 0 saturated carbocycles. The van der Waals surface area contributed by atoms with Gasteiger partial charge in [0.1, 0.15) is 0 Å². The third-order valence-corrected chi connectivity index (χ3v) is 5.49. The highest BCUT2D eigenvalue weighted by molar-refractivity contribution is 7.89. The molecule has 1 unspecified atom stereocenters. The van der Waals surface area contributed by atoms with E-state index in [1.165, 1.54) is 6.07 Å². The van der Waals surface area contributed by atoms with Crippen molar-refractivity contribution in [2.24, 2.45) is 11.1 Å². The van der Waals surface area contributed by atoms with E-state index in [0.29, 0.717) is 0 Å². The molecule has 1 aliphatic rings. The molecule has 1 aromatic heterocycles. The summed E-state index contributed by atoms with van der Waals surface area (Å²) in [4.78, 5) is 3.68. The Labute approximate surface area is 162 Å². The van der Waals surface area contributed by atoms with Crippen LogP contribution in [0.25, 0.3) is 11.1 Å². The van der Waals surface area contributed by atoms with E-state index < -0.39 is 51.7 Å². The van der Waals surface area contributed by atoms with Crippen LogP contribution in [0.15, 0.2) is 47.6 Å². The molecular formula is C18H14F6N2O2S. The van der Waals surface area contributed by atoms with Crippen molar-refractivity contribution in [1.82, 2.24) is 4.98 Å². The minimum absolute atomic E-state index is 0.232. The van der Waals surface area contributed by atoms with Crippen LogP contribution in [-0.2, 0) is 16.2 Å². The highest BCUT2D eigenvalue weighted by Gasteiger charge is 2.44. The second kappa shape index (κ2) is 7.13. The van der Waals surface area contributed by atoms with Gasteiger partial charge in [-0.25, -0.2) is 18.5 Å². The highest BCUT2D eigenvalue weighted by Crippen LogP contribution is 2.49. The number of pyridine rings is 1. The maximum absolute atomic E-state index is 13.3. The van der Waals surface area contributed by atoms with Gasteiger partial charge in [0, 0.05) is 6.20 Å². The van der Waals surface area contributed by atoms with E-state index in [-0.39, 0.29) is 22.3 Å². The Balaban J connectivity index is 2.05. The molecule has 2 aromatic rings. The zero-order valence-corrected chi connectivity index (χ0v) is 15.4. The largest absolute Gasteiger partial charge is 0.416 e. The summed E-state index contributed by atoms with van der Waals surface area (Å²) in [7, 11) is -4.08. The van der Waals surface area contributed by atoms with Gasteiger partial charge in [-0.15, -0.1) is 0 Å². The molecule has 0 saturated heterocycles. The van der Waals surface area contributed by atoms with Crippen molar-refractivity contribution in [2.45, 2.75) is 30.2 Å².